The van der Waals surface area contributed by atoms with Gasteiger partial charge in [-0.05, 0) is 24.5 Å². The third-order valence-corrected chi connectivity index (χ3v) is 4.16. The Kier molecular flexibility index (Phi) is 6.88. The van der Waals surface area contributed by atoms with Crippen LogP contribution in [-0.2, 0) is 21.1 Å². The molecule has 7 nitrogen and oxygen atoms in total. The molecule has 0 bridgehead atoms. The Labute approximate surface area is 147 Å². The van der Waals surface area contributed by atoms with Crippen LogP contribution in [0.15, 0.2) is 46.0 Å². The smallest absolute Gasteiger partial charge is 0.335 e. The predicted octanol–water partition coefficient (Wildman–Crippen LogP) is 2.02. The molecule has 0 aliphatic heterocycles. The zero-order valence-corrected chi connectivity index (χ0v) is 14.8. The highest BCUT2D eigenvalue weighted by molar-refractivity contribution is 7.90. The number of carbonyl (C=O) groups excluding carboxylic acids is 1. The van der Waals surface area contributed by atoms with E-state index in [1.807, 2.05) is 30.3 Å². The van der Waals surface area contributed by atoms with Crippen LogP contribution >= 0.6 is 0 Å². The number of benzene rings is 1. The lowest BCUT2D eigenvalue weighted by atomic mass is 10.2. The first-order chi connectivity index (χ1) is 11.9. The van der Waals surface area contributed by atoms with E-state index in [0.717, 1.165) is 31.1 Å². The molecular formula is C17H21N3O4S. The van der Waals surface area contributed by atoms with Gasteiger partial charge in [0.15, 0.2) is 0 Å². The third-order valence-electron chi connectivity index (χ3n) is 3.36. The maximum atomic E-state index is 11.7. The largest absolute Gasteiger partial charge is 0.413 e. The highest BCUT2D eigenvalue weighted by Gasteiger charge is 2.15. The van der Waals surface area contributed by atoms with E-state index in [4.69, 9.17) is 4.42 Å². The van der Waals surface area contributed by atoms with E-state index in [-0.39, 0.29) is 11.1 Å². The number of rotatable bonds is 9. The summed E-state index contributed by atoms with van der Waals surface area (Å²) in [5.74, 6) is 0.189. The Morgan fingerprint density at radius 1 is 1.16 bits per heavy atom. The van der Waals surface area contributed by atoms with E-state index < -0.39 is 9.84 Å². The Morgan fingerprint density at radius 2 is 1.92 bits per heavy atom. The minimum absolute atomic E-state index is 0.126. The summed E-state index contributed by atoms with van der Waals surface area (Å²) >= 11 is 0. The molecule has 8 heteroatoms. The Morgan fingerprint density at radius 3 is 2.60 bits per heavy atom. The number of hydrogen-bond donors (Lipinski definition) is 1. The summed E-state index contributed by atoms with van der Waals surface area (Å²) in [7, 11) is -3.45. The highest BCUT2D eigenvalue weighted by atomic mass is 32.2. The Bertz CT molecular complexity index is 813. The average Bonchev–Trinajstić information content (AvgIpc) is 3.06. The molecule has 2 aromatic rings. The number of hydrogen-bond acceptors (Lipinski definition) is 6. The van der Waals surface area contributed by atoms with E-state index in [9.17, 15) is 13.2 Å². The highest BCUT2D eigenvalue weighted by Crippen LogP contribution is 2.09. The maximum Gasteiger partial charge on any atom is 0.335 e. The quantitative estimate of drug-likeness (QED) is 0.540. The molecule has 0 spiro atoms. The van der Waals surface area contributed by atoms with Crippen molar-refractivity contribution < 1.29 is 17.6 Å². The molecule has 0 radical (unpaired) electrons. The van der Waals surface area contributed by atoms with Crippen LogP contribution < -0.4 is 5.32 Å². The molecule has 0 aliphatic rings. The van der Waals surface area contributed by atoms with Crippen molar-refractivity contribution in [3.8, 4) is 0 Å². The molecule has 0 aliphatic carbocycles. The van der Waals surface area contributed by atoms with E-state index in [1.54, 1.807) is 6.08 Å². The van der Waals surface area contributed by atoms with E-state index >= 15 is 0 Å². The molecule has 1 amide bonds. The number of unbranched alkanes of at least 4 members (excludes halogenated alkanes) is 2. The van der Waals surface area contributed by atoms with Crippen molar-refractivity contribution in [2.24, 2.45) is 0 Å². The van der Waals surface area contributed by atoms with Gasteiger partial charge in [-0.2, -0.15) is 0 Å². The molecule has 0 saturated heterocycles. The topological polar surface area (TPSA) is 102 Å². The lowest BCUT2D eigenvalue weighted by molar-refractivity contribution is -0.116. The maximum absolute atomic E-state index is 11.7. The van der Waals surface area contributed by atoms with Crippen molar-refractivity contribution >= 4 is 21.8 Å². The van der Waals surface area contributed by atoms with Crippen molar-refractivity contribution in [1.82, 2.24) is 15.5 Å². The molecule has 134 valence electrons. The number of nitrogens with one attached hydrogen (secondary N) is 1. The molecule has 1 heterocycles. The van der Waals surface area contributed by atoms with E-state index in [2.05, 4.69) is 15.5 Å². The summed E-state index contributed by atoms with van der Waals surface area (Å²) in [5, 5.41) is 9.68. The summed E-state index contributed by atoms with van der Waals surface area (Å²) in [4.78, 5) is 11.7. The Balaban J connectivity index is 1.59. The summed E-state index contributed by atoms with van der Waals surface area (Å²) in [5.41, 5.74) is 0.977. The SMILES string of the molecule is CS(=O)(=O)c1nnc(CCCCCNC(=O)/C=C/c2ccccc2)o1. The van der Waals surface area contributed by atoms with Crippen LogP contribution in [0.2, 0.25) is 0 Å². The first-order valence-electron chi connectivity index (χ1n) is 7.98. The van der Waals surface area contributed by atoms with Gasteiger partial charge in [-0.25, -0.2) is 8.42 Å². The van der Waals surface area contributed by atoms with Crippen LogP contribution in [-0.4, -0.2) is 37.3 Å². The monoisotopic (exact) mass is 363 g/mol. The van der Waals surface area contributed by atoms with Crippen LogP contribution in [0.3, 0.4) is 0 Å². The van der Waals surface area contributed by atoms with Gasteiger partial charge in [0.2, 0.25) is 21.6 Å². The van der Waals surface area contributed by atoms with Gasteiger partial charge in [0.1, 0.15) is 0 Å². The number of carbonyl (C=O) groups is 1. The van der Waals surface area contributed by atoms with E-state index in [0.29, 0.717) is 18.9 Å². The second-order valence-corrected chi connectivity index (χ2v) is 7.47. The fourth-order valence-corrected chi connectivity index (χ4v) is 2.51. The van der Waals surface area contributed by atoms with Gasteiger partial charge in [0, 0.05) is 25.3 Å². The molecule has 0 fully saturated rings. The van der Waals surface area contributed by atoms with Crippen molar-refractivity contribution in [1.29, 1.82) is 0 Å². The molecule has 1 aromatic heterocycles. The first-order valence-corrected chi connectivity index (χ1v) is 9.88. The lowest BCUT2D eigenvalue weighted by Gasteiger charge is -2.01. The Hall–Kier alpha value is -2.48. The van der Waals surface area contributed by atoms with Crippen molar-refractivity contribution in [3.05, 3.63) is 47.9 Å². The van der Waals surface area contributed by atoms with Gasteiger partial charge >= 0.3 is 5.22 Å². The minimum Gasteiger partial charge on any atom is -0.413 e. The van der Waals surface area contributed by atoms with Gasteiger partial charge in [-0.15, -0.1) is 5.10 Å². The zero-order valence-electron chi connectivity index (χ0n) is 14.0. The van der Waals surface area contributed by atoms with Gasteiger partial charge in [-0.3, -0.25) is 4.79 Å². The number of aromatic nitrogens is 2. The van der Waals surface area contributed by atoms with Crippen LogP contribution in [0.4, 0.5) is 0 Å². The summed E-state index contributed by atoms with van der Waals surface area (Å²) in [6, 6.07) is 9.61. The molecular weight excluding hydrogens is 342 g/mol. The summed E-state index contributed by atoms with van der Waals surface area (Å²) in [6.45, 7) is 0.580. The van der Waals surface area contributed by atoms with Gasteiger partial charge < -0.3 is 9.73 Å². The van der Waals surface area contributed by atoms with Gasteiger partial charge in [-0.1, -0.05) is 41.9 Å². The minimum atomic E-state index is -3.45. The molecule has 0 unspecified atom stereocenters. The fraction of sp³-hybridized carbons (Fsp3) is 0.353. The zero-order chi connectivity index (χ0) is 18.1. The second kappa shape index (κ2) is 9.12. The molecule has 25 heavy (non-hydrogen) atoms. The van der Waals surface area contributed by atoms with Crippen molar-refractivity contribution in [3.63, 3.8) is 0 Å². The summed E-state index contributed by atoms with van der Waals surface area (Å²) in [6.07, 6.45) is 7.28. The normalized spacial score (nSPS) is 11.7. The van der Waals surface area contributed by atoms with Crippen LogP contribution in [0.5, 0.6) is 0 Å². The molecule has 1 N–H and O–H groups in total. The predicted molar refractivity (Wildman–Crippen MR) is 93.4 cm³/mol. The number of nitrogens with zero attached hydrogens (tertiary/aromatic N) is 2. The second-order valence-electron chi connectivity index (χ2n) is 5.58. The van der Waals surface area contributed by atoms with Gasteiger partial charge in [0.25, 0.3) is 0 Å². The van der Waals surface area contributed by atoms with E-state index in [1.165, 1.54) is 6.08 Å². The van der Waals surface area contributed by atoms with Gasteiger partial charge in [0.05, 0.1) is 0 Å². The molecule has 1 aromatic carbocycles. The lowest BCUT2D eigenvalue weighted by Crippen LogP contribution is -2.21. The van der Waals surface area contributed by atoms with Crippen molar-refractivity contribution in [2.45, 2.75) is 30.9 Å². The van der Waals surface area contributed by atoms with Crippen LogP contribution in [0, 0.1) is 0 Å². The third kappa shape index (κ3) is 6.88. The number of amides is 1. The molecule has 2 rings (SSSR count). The first kappa shape index (κ1) is 18.9. The number of aryl methyl sites for hydroxylation is 1. The molecule has 0 saturated carbocycles. The summed E-state index contributed by atoms with van der Waals surface area (Å²) < 4.78 is 27.5. The fourth-order valence-electron chi connectivity index (χ4n) is 2.07. The molecule has 0 atom stereocenters. The van der Waals surface area contributed by atoms with Crippen molar-refractivity contribution in [2.75, 3.05) is 12.8 Å². The van der Waals surface area contributed by atoms with Crippen LogP contribution in [0.25, 0.3) is 6.08 Å². The number of sulfone groups is 1. The standard InChI is InChI=1S/C17H21N3O4S/c1-25(22,23)17-20-19-16(24-17)10-6-3-7-13-18-15(21)12-11-14-8-4-2-5-9-14/h2,4-5,8-9,11-12H,3,6-7,10,13H2,1H3,(H,18,21)/b12-11+. The van der Waals surface area contributed by atoms with Crippen LogP contribution in [0.1, 0.15) is 30.7 Å². The average molecular weight is 363 g/mol.